The number of aryl methyl sites for hydroxylation is 1. The summed E-state index contributed by atoms with van der Waals surface area (Å²) in [4.78, 5) is 2.29. The minimum absolute atomic E-state index is 0.171. The van der Waals surface area contributed by atoms with E-state index in [1.807, 2.05) is 41.9 Å². The Morgan fingerprint density at radius 2 is 2.09 bits per heavy atom. The summed E-state index contributed by atoms with van der Waals surface area (Å²) in [5.74, 6) is 0. The Bertz CT molecular complexity index is 612. The fraction of sp³-hybridized carbons (Fsp3) is 0.471. The van der Waals surface area contributed by atoms with Gasteiger partial charge >= 0.3 is 0 Å². The molecule has 5 heteroatoms. The van der Waals surface area contributed by atoms with Crippen LogP contribution in [0.4, 0.5) is 0 Å². The predicted octanol–water partition coefficient (Wildman–Crippen LogP) is 1.76. The van der Waals surface area contributed by atoms with Gasteiger partial charge in [-0.05, 0) is 25.5 Å². The SMILES string of the molecule is CO[C@H]1C[C@@H](CO)N(Cc2cn(-c3ccccc3)nc2C)C1. The summed E-state index contributed by atoms with van der Waals surface area (Å²) in [5.41, 5.74) is 3.28. The molecule has 1 aromatic carbocycles. The van der Waals surface area contributed by atoms with Gasteiger partial charge in [0.05, 0.1) is 24.1 Å². The normalized spacial score (nSPS) is 22.3. The lowest BCUT2D eigenvalue weighted by molar-refractivity contribution is 0.107. The number of para-hydroxylation sites is 1. The lowest BCUT2D eigenvalue weighted by Gasteiger charge is -2.21. The third-order valence-corrected chi connectivity index (χ3v) is 4.43. The number of hydrogen-bond acceptors (Lipinski definition) is 4. The molecular weight excluding hydrogens is 278 g/mol. The molecule has 2 atom stereocenters. The quantitative estimate of drug-likeness (QED) is 0.914. The van der Waals surface area contributed by atoms with Gasteiger partial charge in [0.1, 0.15) is 0 Å². The molecule has 0 radical (unpaired) electrons. The maximum atomic E-state index is 9.56. The molecule has 1 aliphatic heterocycles. The van der Waals surface area contributed by atoms with E-state index in [1.54, 1.807) is 7.11 Å². The largest absolute Gasteiger partial charge is 0.395 e. The molecule has 22 heavy (non-hydrogen) atoms. The van der Waals surface area contributed by atoms with Gasteiger partial charge in [-0.3, -0.25) is 4.90 Å². The standard InChI is InChI=1S/C17H23N3O2/c1-13-14(9-19-11-17(22-2)8-16(19)12-21)10-20(18-13)15-6-4-3-5-7-15/h3-7,10,16-17,21H,8-9,11-12H2,1-2H3/t16-,17-/m0/s1. The maximum absolute atomic E-state index is 9.56. The van der Waals surface area contributed by atoms with E-state index in [0.29, 0.717) is 0 Å². The Balaban J connectivity index is 1.77. The third-order valence-electron chi connectivity index (χ3n) is 4.43. The Hall–Kier alpha value is -1.69. The molecule has 0 amide bonds. The Labute approximate surface area is 131 Å². The van der Waals surface area contributed by atoms with E-state index in [9.17, 15) is 5.11 Å². The molecule has 1 fully saturated rings. The zero-order valence-electron chi connectivity index (χ0n) is 13.1. The number of nitrogens with zero attached hydrogens (tertiary/aromatic N) is 3. The lowest BCUT2D eigenvalue weighted by Crippen LogP contribution is -2.32. The molecule has 118 valence electrons. The summed E-state index contributed by atoms with van der Waals surface area (Å²) >= 11 is 0. The van der Waals surface area contributed by atoms with Crippen molar-refractivity contribution in [2.75, 3.05) is 20.3 Å². The monoisotopic (exact) mass is 301 g/mol. The number of likely N-dealkylation sites (tertiary alicyclic amines) is 1. The first kappa shape index (κ1) is 15.2. The highest BCUT2D eigenvalue weighted by Crippen LogP contribution is 2.23. The fourth-order valence-corrected chi connectivity index (χ4v) is 3.07. The highest BCUT2D eigenvalue weighted by molar-refractivity contribution is 5.32. The van der Waals surface area contributed by atoms with E-state index in [1.165, 1.54) is 5.56 Å². The average molecular weight is 301 g/mol. The minimum Gasteiger partial charge on any atom is -0.395 e. The van der Waals surface area contributed by atoms with Gasteiger partial charge in [-0.1, -0.05) is 18.2 Å². The molecule has 3 rings (SSSR count). The average Bonchev–Trinajstić information content (AvgIpc) is 3.12. The molecule has 1 aromatic heterocycles. The summed E-state index contributed by atoms with van der Waals surface area (Å²) < 4.78 is 7.36. The van der Waals surface area contributed by atoms with Gasteiger partial charge in [-0.2, -0.15) is 5.10 Å². The van der Waals surface area contributed by atoms with Gasteiger partial charge in [0.15, 0.2) is 0 Å². The van der Waals surface area contributed by atoms with Crippen molar-refractivity contribution in [3.05, 3.63) is 47.8 Å². The van der Waals surface area contributed by atoms with E-state index in [4.69, 9.17) is 4.74 Å². The van der Waals surface area contributed by atoms with Crippen LogP contribution < -0.4 is 0 Å². The van der Waals surface area contributed by atoms with Crippen molar-refractivity contribution in [2.45, 2.75) is 32.0 Å². The number of benzene rings is 1. The van der Waals surface area contributed by atoms with E-state index >= 15 is 0 Å². The van der Waals surface area contributed by atoms with E-state index in [0.717, 1.165) is 30.9 Å². The fourth-order valence-electron chi connectivity index (χ4n) is 3.07. The molecule has 0 saturated carbocycles. The number of aliphatic hydroxyl groups is 1. The predicted molar refractivity (Wildman–Crippen MR) is 85.0 cm³/mol. The van der Waals surface area contributed by atoms with Gasteiger partial charge in [0.2, 0.25) is 0 Å². The van der Waals surface area contributed by atoms with Crippen LogP contribution in [0.2, 0.25) is 0 Å². The maximum Gasteiger partial charge on any atom is 0.0714 e. The topological polar surface area (TPSA) is 50.5 Å². The second-order valence-corrected chi connectivity index (χ2v) is 5.88. The molecule has 0 aliphatic carbocycles. The molecule has 5 nitrogen and oxygen atoms in total. The Morgan fingerprint density at radius 3 is 2.77 bits per heavy atom. The van der Waals surface area contributed by atoms with Crippen LogP contribution in [-0.4, -0.2) is 52.2 Å². The van der Waals surface area contributed by atoms with E-state index < -0.39 is 0 Å². The molecule has 1 saturated heterocycles. The van der Waals surface area contributed by atoms with E-state index in [-0.39, 0.29) is 18.8 Å². The van der Waals surface area contributed by atoms with E-state index in [2.05, 4.69) is 16.2 Å². The van der Waals surface area contributed by atoms with Gasteiger partial charge in [-0.15, -0.1) is 0 Å². The number of aliphatic hydroxyl groups excluding tert-OH is 1. The van der Waals surface area contributed by atoms with Crippen molar-refractivity contribution in [2.24, 2.45) is 0 Å². The second kappa shape index (κ2) is 6.60. The Morgan fingerprint density at radius 1 is 1.32 bits per heavy atom. The van der Waals surface area contributed by atoms with Gasteiger partial charge < -0.3 is 9.84 Å². The van der Waals surface area contributed by atoms with Crippen LogP contribution >= 0.6 is 0 Å². The van der Waals surface area contributed by atoms with Gasteiger partial charge in [0, 0.05) is 38.0 Å². The van der Waals surface area contributed by atoms with Crippen molar-refractivity contribution in [3.8, 4) is 5.69 Å². The molecule has 0 unspecified atom stereocenters. The van der Waals surface area contributed by atoms with Crippen LogP contribution in [0.25, 0.3) is 5.69 Å². The molecule has 2 heterocycles. The first-order chi connectivity index (χ1) is 10.7. The summed E-state index contributed by atoms with van der Waals surface area (Å²) in [5, 5.41) is 14.2. The van der Waals surface area contributed by atoms with Crippen molar-refractivity contribution in [1.82, 2.24) is 14.7 Å². The van der Waals surface area contributed by atoms with Crippen molar-refractivity contribution >= 4 is 0 Å². The first-order valence-corrected chi connectivity index (χ1v) is 7.69. The van der Waals surface area contributed by atoms with Crippen molar-refractivity contribution in [1.29, 1.82) is 0 Å². The molecule has 0 spiro atoms. The Kier molecular flexibility index (Phi) is 4.57. The zero-order chi connectivity index (χ0) is 15.5. The zero-order valence-corrected chi connectivity index (χ0v) is 13.1. The molecule has 0 bridgehead atoms. The van der Waals surface area contributed by atoms with Crippen LogP contribution in [0.5, 0.6) is 0 Å². The summed E-state index contributed by atoms with van der Waals surface area (Å²) in [6, 6.07) is 10.3. The molecular formula is C17H23N3O2. The first-order valence-electron chi connectivity index (χ1n) is 7.69. The number of methoxy groups -OCH3 is 1. The molecule has 2 aromatic rings. The second-order valence-electron chi connectivity index (χ2n) is 5.88. The van der Waals surface area contributed by atoms with Crippen LogP contribution in [0, 0.1) is 6.92 Å². The summed E-state index contributed by atoms with van der Waals surface area (Å²) in [6.07, 6.45) is 3.18. The van der Waals surface area contributed by atoms with Crippen LogP contribution in [0.1, 0.15) is 17.7 Å². The summed E-state index contributed by atoms with van der Waals surface area (Å²) in [6.45, 7) is 3.86. The number of aromatic nitrogens is 2. The van der Waals surface area contributed by atoms with Crippen molar-refractivity contribution < 1.29 is 9.84 Å². The van der Waals surface area contributed by atoms with Crippen molar-refractivity contribution in [3.63, 3.8) is 0 Å². The highest BCUT2D eigenvalue weighted by Gasteiger charge is 2.32. The van der Waals surface area contributed by atoms with Crippen LogP contribution in [0.3, 0.4) is 0 Å². The lowest BCUT2D eigenvalue weighted by atomic mass is 10.2. The third kappa shape index (κ3) is 3.06. The number of rotatable bonds is 5. The molecule has 1 N–H and O–H groups in total. The van der Waals surface area contributed by atoms with Crippen LogP contribution in [0.15, 0.2) is 36.5 Å². The number of ether oxygens (including phenoxy) is 1. The molecule has 1 aliphatic rings. The smallest absolute Gasteiger partial charge is 0.0714 e. The van der Waals surface area contributed by atoms with Gasteiger partial charge in [-0.25, -0.2) is 4.68 Å². The highest BCUT2D eigenvalue weighted by atomic mass is 16.5. The minimum atomic E-state index is 0.171. The summed E-state index contributed by atoms with van der Waals surface area (Å²) in [7, 11) is 1.74. The van der Waals surface area contributed by atoms with Gasteiger partial charge in [0.25, 0.3) is 0 Å². The number of hydrogen-bond donors (Lipinski definition) is 1. The van der Waals surface area contributed by atoms with Crippen LogP contribution in [-0.2, 0) is 11.3 Å².